The number of hydrogen-bond donors (Lipinski definition) is 2. The lowest BCUT2D eigenvalue weighted by molar-refractivity contribution is 0.122. The molecule has 5 heteroatoms. The molecule has 0 aromatic heterocycles. The molecule has 0 spiro atoms. The molecule has 0 bridgehead atoms. The topological polar surface area (TPSA) is 39.7 Å². The fourth-order valence-electron chi connectivity index (χ4n) is 3.20. The zero-order valence-electron chi connectivity index (χ0n) is 13.1. The van der Waals surface area contributed by atoms with Gasteiger partial charge in [-0.15, -0.1) is 0 Å². The minimum absolute atomic E-state index is 0.403. The van der Waals surface area contributed by atoms with Crippen molar-refractivity contribution in [2.75, 3.05) is 34.2 Å². The van der Waals surface area contributed by atoms with Crippen molar-refractivity contribution in [1.29, 1.82) is 0 Å². The van der Waals surface area contributed by atoms with Crippen LogP contribution in [0.1, 0.15) is 24.4 Å². The van der Waals surface area contributed by atoms with Gasteiger partial charge < -0.3 is 10.6 Å². The standard InChI is InChI=1S/C16H25ClN4/c1-18-16(19-2)20-11-13-7-5-9-21(3)15(13)12-6-4-8-14(17)10-12/h4,6,8,10,13,15H,5,7,9,11H2,1-3H3,(H2,18,19,20)/t13-,15-/m0/s1. The van der Waals surface area contributed by atoms with Crippen molar-refractivity contribution in [2.45, 2.75) is 18.9 Å². The van der Waals surface area contributed by atoms with Crippen LogP contribution in [0, 0.1) is 5.92 Å². The number of nitrogens with zero attached hydrogens (tertiary/aromatic N) is 2. The predicted molar refractivity (Wildman–Crippen MR) is 90.0 cm³/mol. The summed E-state index contributed by atoms with van der Waals surface area (Å²) in [6.45, 7) is 2.05. The molecule has 116 valence electrons. The van der Waals surface area contributed by atoms with Gasteiger partial charge in [0, 0.05) is 31.7 Å². The number of nitrogens with one attached hydrogen (secondary N) is 2. The summed E-state index contributed by atoms with van der Waals surface area (Å²) in [5.41, 5.74) is 1.30. The molecule has 1 aliphatic rings. The third kappa shape index (κ3) is 4.11. The highest BCUT2D eigenvalue weighted by Crippen LogP contribution is 2.35. The third-order valence-corrected chi connectivity index (χ3v) is 4.42. The van der Waals surface area contributed by atoms with Crippen molar-refractivity contribution in [3.05, 3.63) is 34.9 Å². The van der Waals surface area contributed by atoms with Crippen LogP contribution in [0.15, 0.2) is 29.3 Å². The Kier molecular flexibility index (Phi) is 5.88. The quantitative estimate of drug-likeness (QED) is 0.666. The summed E-state index contributed by atoms with van der Waals surface area (Å²) >= 11 is 6.17. The first kappa shape index (κ1) is 16.1. The maximum Gasteiger partial charge on any atom is 0.190 e. The van der Waals surface area contributed by atoms with E-state index in [1.54, 1.807) is 7.05 Å². The van der Waals surface area contributed by atoms with E-state index in [-0.39, 0.29) is 0 Å². The molecule has 21 heavy (non-hydrogen) atoms. The van der Waals surface area contributed by atoms with E-state index in [9.17, 15) is 0 Å². The van der Waals surface area contributed by atoms with Crippen LogP contribution in [-0.4, -0.2) is 45.1 Å². The highest BCUT2D eigenvalue weighted by Gasteiger charge is 2.30. The zero-order valence-corrected chi connectivity index (χ0v) is 13.8. The molecular weight excluding hydrogens is 284 g/mol. The summed E-state index contributed by atoms with van der Waals surface area (Å²) < 4.78 is 0. The van der Waals surface area contributed by atoms with Gasteiger partial charge in [-0.25, -0.2) is 0 Å². The predicted octanol–water partition coefficient (Wildman–Crippen LogP) is 2.52. The van der Waals surface area contributed by atoms with Crippen LogP contribution in [0.3, 0.4) is 0 Å². The van der Waals surface area contributed by atoms with Gasteiger partial charge in [0.05, 0.1) is 0 Å². The fourth-order valence-corrected chi connectivity index (χ4v) is 3.40. The number of likely N-dealkylation sites (tertiary alicyclic amines) is 1. The minimum atomic E-state index is 0.403. The monoisotopic (exact) mass is 308 g/mol. The van der Waals surface area contributed by atoms with Crippen LogP contribution in [0.2, 0.25) is 5.02 Å². The van der Waals surface area contributed by atoms with Gasteiger partial charge in [-0.05, 0) is 50.0 Å². The van der Waals surface area contributed by atoms with Crippen LogP contribution >= 0.6 is 11.6 Å². The average molecular weight is 309 g/mol. The fraction of sp³-hybridized carbons (Fsp3) is 0.562. The van der Waals surface area contributed by atoms with Crippen molar-refractivity contribution >= 4 is 17.6 Å². The Morgan fingerprint density at radius 3 is 2.95 bits per heavy atom. The number of guanidine groups is 1. The number of benzene rings is 1. The largest absolute Gasteiger partial charge is 0.359 e. The summed E-state index contributed by atoms with van der Waals surface area (Å²) in [6.07, 6.45) is 2.45. The zero-order chi connectivity index (χ0) is 15.2. The molecule has 4 nitrogen and oxygen atoms in total. The molecule has 2 atom stereocenters. The molecule has 1 aromatic rings. The summed E-state index contributed by atoms with van der Waals surface area (Å²) in [4.78, 5) is 6.62. The van der Waals surface area contributed by atoms with Crippen LogP contribution in [0.4, 0.5) is 0 Å². The molecule has 1 saturated heterocycles. The third-order valence-electron chi connectivity index (χ3n) is 4.19. The minimum Gasteiger partial charge on any atom is -0.359 e. The molecule has 0 saturated carbocycles. The normalized spacial score (nSPS) is 23.9. The Labute approximate surface area is 132 Å². The summed E-state index contributed by atoms with van der Waals surface area (Å²) in [7, 11) is 5.88. The molecule has 2 N–H and O–H groups in total. The first-order valence-corrected chi connectivity index (χ1v) is 7.87. The van der Waals surface area contributed by atoms with Gasteiger partial charge in [-0.1, -0.05) is 23.7 Å². The smallest absolute Gasteiger partial charge is 0.190 e. The molecule has 1 fully saturated rings. The highest BCUT2D eigenvalue weighted by molar-refractivity contribution is 6.30. The average Bonchev–Trinajstić information content (AvgIpc) is 2.48. The van der Waals surface area contributed by atoms with Gasteiger partial charge in [-0.2, -0.15) is 0 Å². The molecule has 0 amide bonds. The Balaban J connectivity index is 2.13. The van der Waals surface area contributed by atoms with Crippen molar-refractivity contribution in [3.63, 3.8) is 0 Å². The lowest BCUT2D eigenvalue weighted by atomic mass is 9.85. The van der Waals surface area contributed by atoms with E-state index in [2.05, 4.69) is 39.7 Å². The van der Waals surface area contributed by atoms with Crippen LogP contribution in [-0.2, 0) is 0 Å². The molecule has 1 heterocycles. The molecule has 0 radical (unpaired) electrons. The van der Waals surface area contributed by atoms with Crippen molar-refractivity contribution in [1.82, 2.24) is 15.5 Å². The van der Waals surface area contributed by atoms with Crippen LogP contribution < -0.4 is 10.6 Å². The maximum absolute atomic E-state index is 6.17. The van der Waals surface area contributed by atoms with Gasteiger partial charge in [0.2, 0.25) is 0 Å². The number of rotatable bonds is 3. The van der Waals surface area contributed by atoms with Crippen LogP contribution in [0.5, 0.6) is 0 Å². The van der Waals surface area contributed by atoms with E-state index in [1.807, 2.05) is 19.2 Å². The first-order valence-electron chi connectivity index (χ1n) is 7.49. The SMILES string of the molecule is CN=C(NC)NC[C@@H]1CCCN(C)[C@H]1c1cccc(Cl)c1. The van der Waals surface area contributed by atoms with E-state index in [0.717, 1.165) is 24.1 Å². The van der Waals surface area contributed by atoms with Gasteiger partial charge in [-0.3, -0.25) is 9.89 Å². The first-order chi connectivity index (χ1) is 10.2. The number of piperidine rings is 1. The second kappa shape index (κ2) is 7.66. The summed E-state index contributed by atoms with van der Waals surface area (Å²) in [5, 5.41) is 7.28. The van der Waals surface area contributed by atoms with Crippen molar-refractivity contribution < 1.29 is 0 Å². The number of aliphatic imine (C=N–C) groups is 1. The van der Waals surface area contributed by atoms with Gasteiger partial charge in [0.1, 0.15) is 0 Å². The lowest BCUT2D eigenvalue weighted by Gasteiger charge is -2.40. The van der Waals surface area contributed by atoms with Crippen LogP contribution in [0.25, 0.3) is 0 Å². The van der Waals surface area contributed by atoms with E-state index in [1.165, 1.54) is 18.4 Å². The maximum atomic E-state index is 6.17. The van der Waals surface area contributed by atoms with E-state index < -0.39 is 0 Å². The highest BCUT2D eigenvalue weighted by atomic mass is 35.5. The summed E-state index contributed by atoms with van der Waals surface area (Å²) in [6, 6.07) is 8.65. The number of hydrogen-bond acceptors (Lipinski definition) is 2. The van der Waals surface area contributed by atoms with Crippen molar-refractivity contribution in [2.24, 2.45) is 10.9 Å². The molecule has 2 rings (SSSR count). The molecule has 0 unspecified atom stereocenters. The number of halogens is 1. The Bertz CT molecular complexity index is 489. The Hall–Kier alpha value is -1.26. The molecule has 1 aromatic carbocycles. The second-order valence-electron chi connectivity index (χ2n) is 5.59. The van der Waals surface area contributed by atoms with Gasteiger partial charge >= 0.3 is 0 Å². The van der Waals surface area contributed by atoms with Crippen molar-refractivity contribution in [3.8, 4) is 0 Å². The van der Waals surface area contributed by atoms with E-state index in [0.29, 0.717) is 12.0 Å². The van der Waals surface area contributed by atoms with Gasteiger partial charge in [0.25, 0.3) is 0 Å². The van der Waals surface area contributed by atoms with E-state index in [4.69, 9.17) is 11.6 Å². The molecular formula is C16H25ClN4. The van der Waals surface area contributed by atoms with E-state index >= 15 is 0 Å². The molecule has 1 aliphatic heterocycles. The molecule has 0 aliphatic carbocycles. The second-order valence-corrected chi connectivity index (χ2v) is 6.02. The lowest BCUT2D eigenvalue weighted by Crippen LogP contribution is -2.44. The summed E-state index contributed by atoms with van der Waals surface area (Å²) in [5.74, 6) is 1.39. The Morgan fingerprint density at radius 1 is 1.48 bits per heavy atom. The Morgan fingerprint density at radius 2 is 2.29 bits per heavy atom. The van der Waals surface area contributed by atoms with Gasteiger partial charge in [0.15, 0.2) is 5.96 Å².